The molecule has 7 nitrogen and oxygen atoms in total. The van der Waals surface area contributed by atoms with Crippen molar-refractivity contribution in [3.63, 3.8) is 0 Å². The van der Waals surface area contributed by atoms with Gasteiger partial charge in [0.25, 0.3) is 0 Å². The van der Waals surface area contributed by atoms with Crippen molar-refractivity contribution < 1.29 is 14.6 Å². The zero-order chi connectivity index (χ0) is 15.2. The van der Waals surface area contributed by atoms with Crippen LogP contribution in [0.25, 0.3) is 11.4 Å². The fourth-order valence-corrected chi connectivity index (χ4v) is 2.13. The summed E-state index contributed by atoms with van der Waals surface area (Å²) in [6.07, 6.45) is 3.39. The number of ether oxygens (including phenoxy) is 2. The van der Waals surface area contributed by atoms with Gasteiger partial charge in [-0.05, 0) is 18.2 Å². The topological polar surface area (TPSA) is 89.4 Å². The first-order chi connectivity index (χ1) is 10.8. The smallest absolute Gasteiger partial charge is 0.161 e. The molecule has 116 valence electrons. The minimum Gasteiger partial charge on any atom is -0.390 e. The molecule has 2 aromatic heterocycles. The largest absolute Gasteiger partial charge is 0.390 e. The first-order valence-corrected chi connectivity index (χ1v) is 7.17. The quantitative estimate of drug-likeness (QED) is 0.846. The normalized spacial score (nSPS) is 18.1. The Balaban J connectivity index is 1.61. The lowest BCUT2D eigenvalue weighted by Crippen LogP contribution is -2.34. The summed E-state index contributed by atoms with van der Waals surface area (Å²) in [6, 6.07) is 5.44. The molecule has 7 heteroatoms. The standard InChI is InChI=1S/C15H18N4O3/c20-9-12-3-4-16-15(19-12)11-1-2-14(17-7-11)18-8-13-10-21-5-6-22-13/h1-4,7,13,20H,5-6,8-10H2,(H,17,18)/t13-/m0/s1. The maximum absolute atomic E-state index is 9.11. The van der Waals surface area contributed by atoms with Gasteiger partial charge in [0, 0.05) is 24.5 Å². The van der Waals surface area contributed by atoms with Gasteiger partial charge in [0.05, 0.1) is 38.2 Å². The number of hydrogen-bond acceptors (Lipinski definition) is 7. The van der Waals surface area contributed by atoms with Gasteiger partial charge in [-0.3, -0.25) is 0 Å². The molecule has 1 fully saturated rings. The number of nitrogens with one attached hydrogen (secondary N) is 1. The van der Waals surface area contributed by atoms with Crippen molar-refractivity contribution in [1.82, 2.24) is 15.0 Å². The van der Waals surface area contributed by atoms with Gasteiger partial charge in [-0.15, -0.1) is 0 Å². The maximum atomic E-state index is 9.11. The van der Waals surface area contributed by atoms with Crippen LogP contribution in [0.5, 0.6) is 0 Å². The van der Waals surface area contributed by atoms with Crippen molar-refractivity contribution in [3.8, 4) is 11.4 Å². The summed E-state index contributed by atoms with van der Waals surface area (Å²) in [5.41, 5.74) is 1.39. The Morgan fingerprint density at radius 2 is 2.18 bits per heavy atom. The van der Waals surface area contributed by atoms with Crippen LogP contribution in [-0.4, -0.2) is 52.5 Å². The highest BCUT2D eigenvalue weighted by Crippen LogP contribution is 2.15. The Kier molecular flexibility index (Phi) is 4.89. The number of aliphatic hydroxyl groups is 1. The number of rotatable bonds is 5. The number of anilines is 1. The highest BCUT2D eigenvalue weighted by Gasteiger charge is 2.14. The van der Waals surface area contributed by atoms with Crippen LogP contribution in [0.3, 0.4) is 0 Å². The molecular weight excluding hydrogens is 284 g/mol. The van der Waals surface area contributed by atoms with Crippen molar-refractivity contribution in [3.05, 3.63) is 36.3 Å². The monoisotopic (exact) mass is 302 g/mol. The van der Waals surface area contributed by atoms with Crippen LogP contribution >= 0.6 is 0 Å². The second-order valence-corrected chi connectivity index (χ2v) is 4.91. The Morgan fingerprint density at radius 3 is 2.91 bits per heavy atom. The van der Waals surface area contributed by atoms with Crippen molar-refractivity contribution in [2.24, 2.45) is 0 Å². The van der Waals surface area contributed by atoms with E-state index in [4.69, 9.17) is 14.6 Å². The van der Waals surface area contributed by atoms with Gasteiger partial charge in [0.15, 0.2) is 5.82 Å². The van der Waals surface area contributed by atoms with E-state index in [1.165, 1.54) is 0 Å². The van der Waals surface area contributed by atoms with E-state index < -0.39 is 0 Å². The third kappa shape index (κ3) is 3.76. The van der Waals surface area contributed by atoms with E-state index in [0.717, 1.165) is 11.4 Å². The Morgan fingerprint density at radius 1 is 1.23 bits per heavy atom. The number of nitrogens with zero attached hydrogens (tertiary/aromatic N) is 3. The van der Waals surface area contributed by atoms with Gasteiger partial charge in [0.2, 0.25) is 0 Å². The summed E-state index contributed by atoms with van der Waals surface area (Å²) in [6.45, 7) is 2.45. The lowest BCUT2D eigenvalue weighted by atomic mass is 10.2. The van der Waals surface area contributed by atoms with Crippen molar-refractivity contribution in [1.29, 1.82) is 0 Å². The first-order valence-electron chi connectivity index (χ1n) is 7.17. The predicted molar refractivity (Wildman–Crippen MR) is 80.2 cm³/mol. The molecule has 0 aliphatic carbocycles. The van der Waals surface area contributed by atoms with E-state index in [2.05, 4.69) is 20.3 Å². The van der Waals surface area contributed by atoms with Crippen LogP contribution in [-0.2, 0) is 16.1 Å². The number of aromatic nitrogens is 3. The zero-order valence-corrected chi connectivity index (χ0v) is 12.1. The summed E-state index contributed by atoms with van der Waals surface area (Å²) in [5.74, 6) is 1.31. The Hall–Kier alpha value is -2.09. The molecule has 22 heavy (non-hydrogen) atoms. The summed E-state index contributed by atoms with van der Waals surface area (Å²) in [7, 11) is 0. The van der Waals surface area contributed by atoms with Crippen LogP contribution < -0.4 is 5.32 Å². The molecule has 0 radical (unpaired) electrons. The third-order valence-corrected chi connectivity index (χ3v) is 3.29. The molecule has 0 spiro atoms. The fourth-order valence-electron chi connectivity index (χ4n) is 2.13. The second-order valence-electron chi connectivity index (χ2n) is 4.91. The Bertz CT molecular complexity index is 600. The van der Waals surface area contributed by atoms with Crippen LogP contribution in [0, 0.1) is 0 Å². The van der Waals surface area contributed by atoms with E-state index in [9.17, 15) is 0 Å². The van der Waals surface area contributed by atoms with Gasteiger partial charge in [-0.1, -0.05) is 0 Å². The van der Waals surface area contributed by atoms with Crippen LogP contribution in [0.1, 0.15) is 5.69 Å². The van der Waals surface area contributed by atoms with E-state index in [0.29, 0.717) is 37.9 Å². The van der Waals surface area contributed by atoms with Gasteiger partial charge >= 0.3 is 0 Å². The van der Waals surface area contributed by atoms with Gasteiger partial charge in [-0.25, -0.2) is 15.0 Å². The summed E-state index contributed by atoms with van der Waals surface area (Å²) >= 11 is 0. The average molecular weight is 302 g/mol. The average Bonchev–Trinajstić information content (AvgIpc) is 2.61. The van der Waals surface area contributed by atoms with Crippen LogP contribution in [0.2, 0.25) is 0 Å². The van der Waals surface area contributed by atoms with E-state index in [1.54, 1.807) is 18.5 Å². The number of aliphatic hydroxyl groups excluding tert-OH is 1. The molecule has 3 rings (SSSR count). The highest BCUT2D eigenvalue weighted by atomic mass is 16.6. The van der Waals surface area contributed by atoms with E-state index in [1.807, 2.05) is 12.1 Å². The molecule has 1 saturated heterocycles. The maximum Gasteiger partial charge on any atom is 0.161 e. The third-order valence-electron chi connectivity index (χ3n) is 3.29. The summed E-state index contributed by atoms with van der Waals surface area (Å²) in [5, 5.41) is 12.3. The predicted octanol–water partition coefficient (Wildman–Crippen LogP) is 0.858. The van der Waals surface area contributed by atoms with Crippen LogP contribution in [0.15, 0.2) is 30.6 Å². The second kappa shape index (κ2) is 7.26. The SMILES string of the molecule is OCc1ccnc(-c2ccc(NC[C@H]3COCCO3)nc2)n1. The number of pyridine rings is 1. The highest BCUT2D eigenvalue weighted by molar-refractivity contribution is 5.55. The minimum atomic E-state index is -0.105. The van der Waals surface area contributed by atoms with E-state index >= 15 is 0 Å². The van der Waals surface area contributed by atoms with Crippen molar-refractivity contribution >= 4 is 5.82 Å². The molecule has 2 aromatic rings. The lowest BCUT2D eigenvalue weighted by Gasteiger charge is -2.23. The molecule has 0 bridgehead atoms. The van der Waals surface area contributed by atoms with Crippen LogP contribution in [0.4, 0.5) is 5.82 Å². The molecule has 1 aliphatic heterocycles. The molecule has 0 saturated carbocycles. The van der Waals surface area contributed by atoms with Gasteiger partial charge < -0.3 is 19.9 Å². The van der Waals surface area contributed by atoms with Crippen molar-refractivity contribution in [2.75, 3.05) is 31.7 Å². The molecule has 0 unspecified atom stereocenters. The van der Waals surface area contributed by atoms with Gasteiger partial charge in [0.1, 0.15) is 5.82 Å². The fraction of sp³-hybridized carbons (Fsp3) is 0.400. The molecule has 2 N–H and O–H groups in total. The lowest BCUT2D eigenvalue weighted by molar-refractivity contribution is -0.0819. The summed E-state index contributed by atoms with van der Waals surface area (Å²) < 4.78 is 10.9. The van der Waals surface area contributed by atoms with Crippen molar-refractivity contribution in [2.45, 2.75) is 12.7 Å². The zero-order valence-electron chi connectivity index (χ0n) is 12.1. The van der Waals surface area contributed by atoms with Gasteiger partial charge in [-0.2, -0.15) is 0 Å². The minimum absolute atomic E-state index is 0.0554. The van der Waals surface area contributed by atoms with E-state index in [-0.39, 0.29) is 12.7 Å². The molecule has 1 atom stereocenters. The molecule has 0 amide bonds. The Labute approximate surface area is 128 Å². The molecule has 0 aromatic carbocycles. The molecule has 3 heterocycles. The first kappa shape index (κ1) is 14.8. The molecule has 1 aliphatic rings. The number of hydrogen-bond donors (Lipinski definition) is 2. The summed E-state index contributed by atoms with van der Waals surface area (Å²) in [4.78, 5) is 12.8. The molecular formula is C15H18N4O3.